The average molecular weight is 971 g/mol. The van der Waals surface area contributed by atoms with Gasteiger partial charge in [0.25, 0.3) is 0 Å². The van der Waals surface area contributed by atoms with Crippen molar-refractivity contribution >= 4 is 73.0 Å². The molecular weight excluding hydrogens is 921 g/mol. The third-order valence-electron chi connectivity index (χ3n) is 15.4. The molecule has 2 aliphatic rings. The van der Waals surface area contributed by atoms with E-state index in [0.717, 1.165) is 11.4 Å². The van der Waals surface area contributed by atoms with Gasteiger partial charge in [-0.3, -0.25) is 0 Å². The summed E-state index contributed by atoms with van der Waals surface area (Å²) in [5.74, 6) is 0. The summed E-state index contributed by atoms with van der Waals surface area (Å²) in [5, 5.41) is 7.97. The Labute approximate surface area is 439 Å². The predicted molar refractivity (Wildman–Crippen MR) is 318 cm³/mol. The summed E-state index contributed by atoms with van der Waals surface area (Å²) >= 11 is 0. The van der Waals surface area contributed by atoms with Crippen LogP contribution in [0.1, 0.15) is 44.5 Å². The first-order chi connectivity index (χ1) is 37.3. The van der Waals surface area contributed by atoms with Crippen LogP contribution in [0.4, 0.5) is 0 Å². The molecule has 0 saturated carbocycles. The Hall–Kier alpha value is -9.54. The summed E-state index contributed by atoms with van der Waals surface area (Å²) in [4.78, 5) is 0. The van der Waals surface area contributed by atoms with Crippen molar-refractivity contribution in [1.82, 2.24) is 9.13 Å². The largest absolute Gasteiger partial charge is 0.317 e. The SMILES string of the molecule is c1ccc(C2=C(c3ccccc3)[Si]3(C(c4ccccc4)=C2c2ccccc2)C(c2ccc(-n4ccc5ccccc54)cc2)=C(c2ccccc2)C(c2ccccc2)=C3c2ccc(-n3ccc4ccccc43)cc2)cc1. The number of benzene rings is 10. The molecule has 75 heavy (non-hydrogen) atoms. The lowest BCUT2D eigenvalue weighted by Gasteiger charge is -2.37. The number of allylic oxidation sites excluding steroid dienone is 4. The zero-order valence-corrected chi connectivity index (χ0v) is 42.3. The average Bonchev–Trinajstić information content (AvgIpc) is 4.45. The Balaban J connectivity index is 1.20. The fraction of sp³-hybridized carbons (Fsp3) is 0. The maximum absolute atomic E-state index is 3.68. The lowest BCUT2D eigenvalue weighted by Crippen LogP contribution is -2.40. The summed E-state index contributed by atoms with van der Waals surface area (Å²) in [6.45, 7) is 0. The van der Waals surface area contributed by atoms with Gasteiger partial charge in [0.05, 0.1) is 11.0 Å². The zero-order chi connectivity index (χ0) is 49.7. The third-order valence-corrected chi connectivity index (χ3v) is 20.6. The second-order valence-corrected chi connectivity index (χ2v) is 23.0. The van der Waals surface area contributed by atoms with E-state index in [2.05, 4.69) is 313 Å². The van der Waals surface area contributed by atoms with Crippen molar-refractivity contribution in [2.24, 2.45) is 0 Å². The molecule has 0 unspecified atom stereocenters. The highest BCUT2D eigenvalue weighted by Gasteiger charge is 2.60. The maximum Gasteiger partial charge on any atom is 0.184 e. The molecule has 2 aromatic heterocycles. The molecule has 0 aliphatic carbocycles. The minimum atomic E-state index is -3.68. The first-order valence-electron chi connectivity index (χ1n) is 25.9. The Bertz CT molecular complexity index is 3920. The summed E-state index contributed by atoms with van der Waals surface area (Å²) in [6, 6.07) is 109. The molecule has 14 rings (SSSR count). The molecule has 0 fully saturated rings. The van der Waals surface area contributed by atoms with Crippen LogP contribution in [0.15, 0.2) is 304 Å². The van der Waals surface area contributed by atoms with Crippen LogP contribution in [0.2, 0.25) is 0 Å². The van der Waals surface area contributed by atoms with Crippen LogP contribution in [0.5, 0.6) is 0 Å². The van der Waals surface area contributed by atoms with Gasteiger partial charge in [-0.1, -0.05) is 243 Å². The number of rotatable bonds is 10. The summed E-state index contributed by atoms with van der Waals surface area (Å²) in [6.07, 6.45) is 4.41. The second-order valence-electron chi connectivity index (χ2n) is 19.5. The fourth-order valence-electron chi connectivity index (χ4n) is 12.4. The lowest BCUT2D eigenvalue weighted by molar-refractivity contribution is 1.13. The molecule has 352 valence electrons. The molecule has 0 radical (unpaired) electrons. The molecule has 0 atom stereocenters. The Morgan fingerprint density at radius 1 is 0.200 bits per heavy atom. The van der Waals surface area contributed by atoms with E-state index >= 15 is 0 Å². The molecule has 3 heteroatoms. The predicted octanol–water partition coefficient (Wildman–Crippen LogP) is 18.0. The van der Waals surface area contributed by atoms with Crippen LogP contribution >= 0.6 is 0 Å². The molecule has 2 nitrogen and oxygen atoms in total. The van der Waals surface area contributed by atoms with Crippen molar-refractivity contribution in [2.75, 3.05) is 0 Å². The summed E-state index contributed by atoms with van der Waals surface area (Å²) in [5.41, 5.74) is 19.4. The number of hydrogen-bond donors (Lipinski definition) is 0. The van der Waals surface area contributed by atoms with Crippen molar-refractivity contribution < 1.29 is 0 Å². The van der Waals surface area contributed by atoms with Crippen molar-refractivity contribution in [3.63, 3.8) is 0 Å². The van der Waals surface area contributed by atoms with Crippen molar-refractivity contribution in [3.05, 3.63) is 348 Å². The van der Waals surface area contributed by atoms with Crippen molar-refractivity contribution in [2.45, 2.75) is 0 Å². The smallest absolute Gasteiger partial charge is 0.184 e. The molecule has 4 heterocycles. The van der Waals surface area contributed by atoms with Crippen molar-refractivity contribution in [3.8, 4) is 11.4 Å². The first-order valence-corrected chi connectivity index (χ1v) is 27.9. The van der Waals surface area contributed by atoms with Crippen LogP contribution in [0, 0.1) is 0 Å². The number of para-hydroxylation sites is 2. The number of hydrogen-bond acceptors (Lipinski definition) is 0. The molecule has 2 aliphatic heterocycles. The van der Waals surface area contributed by atoms with Gasteiger partial charge in [-0.05, 0) is 147 Å². The quantitative estimate of drug-likeness (QED) is 0.121. The highest BCUT2D eigenvalue weighted by atomic mass is 28.3. The zero-order valence-electron chi connectivity index (χ0n) is 41.3. The van der Waals surface area contributed by atoms with Crippen LogP contribution in [-0.4, -0.2) is 17.2 Å². The van der Waals surface area contributed by atoms with Crippen LogP contribution in [0.3, 0.4) is 0 Å². The van der Waals surface area contributed by atoms with Gasteiger partial charge in [0.1, 0.15) is 0 Å². The van der Waals surface area contributed by atoms with E-state index in [1.165, 1.54) is 109 Å². The van der Waals surface area contributed by atoms with E-state index in [1.807, 2.05) is 0 Å². The van der Waals surface area contributed by atoms with Crippen molar-refractivity contribution in [1.29, 1.82) is 0 Å². The van der Waals surface area contributed by atoms with E-state index in [0.29, 0.717) is 0 Å². The van der Waals surface area contributed by atoms with E-state index in [1.54, 1.807) is 0 Å². The van der Waals surface area contributed by atoms with Gasteiger partial charge in [0.2, 0.25) is 0 Å². The topological polar surface area (TPSA) is 9.86 Å². The highest BCUT2D eigenvalue weighted by Crippen LogP contribution is 2.69. The van der Waals surface area contributed by atoms with Gasteiger partial charge in [0.15, 0.2) is 8.07 Å². The van der Waals surface area contributed by atoms with Gasteiger partial charge in [-0.15, -0.1) is 0 Å². The summed E-state index contributed by atoms with van der Waals surface area (Å²) < 4.78 is 4.65. The van der Waals surface area contributed by atoms with Gasteiger partial charge in [-0.25, -0.2) is 0 Å². The van der Waals surface area contributed by atoms with E-state index < -0.39 is 8.07 Å². The first kappa shape index (κ1) is 44.2. The Morgan fingerprint density at radius 2 is 0.440 bits per heavy atom. The molecule has 1 spiro atoms. The normalized spacial score (nSPS) is 14.3. The molecule has 0 amide bonds. The number of nitrogens with zero attached hydrogens (tertiary/aromatic N) is 2. The monoisotopic (exact) mass is 970 g/mol. The number of fused-ring (bicyclic) bond motifs is 2. The fourth-order valence-corrected chi connectivity index (χ4v) is 18.9. The van der Waals surface area contributed by atoms with Crippen LogP contribution in [-0.2, 0) is 0 Å². The molecule has 10 aromatic carbocycles. The van der Waals surface area contributed by atoms with Crippen LogP contribution < -0.4 is 0 Å². The Morgan fingerprint density at radius 3 is 0.733 bits per heavy atom. The van der Waals surface area contributed by atoms with Gasteiger partial charge >= 0.3 is 0 Å². The maximum atomic E-state index is 2.43. The van der Waals surface area contributed by atoms with Crippen LogP contribution in [0.25, 0.3) is 76.3 Å². The van der Waals surface area contributed by atoms with E-state index in [-0.39, 0.29) is 0 Å². The molecular formula is C72H50N2Si. The standard InChI is InChI=1S/C72H50N2Si/c1-7-25-53(26-8-1)65-66(54-27-9-2-10-28-54)70(58-35-17-6-18-36-58)75(69(65)57-33-15-5-16-34-57)71(59-39-43-61(44-40-59)73-49-47-51-23-19-21-37-63(51)73)67(55-29-11-3-12-30-55)68(56-31-13-4-14-32-56)72(75)60-41-45-62(46-42-60)74-50-48-52-24-20-22-38-64(52)74/h1-50H. The van der Waals surface area contributed by atoms with Gasteiger partial charge < -0.3 is 9.13 Å². The Kier molecular flexibility index (Phi) is 10.9. The van der Waals surface area contributed by atoms with Gasteiger partial charge in [-0.2, -0.15) is 0 Å². The summed E-state index contributed by atoms with van der Waals surface area (Å²) in [7, 11) is -3.68. The lowest BCUT2D eigenvalue weighted by atomic mass is 9.89. The molecule has 0 N–H and O–H groups in total. The van der Waals surface area contributed by atoms with Gasteiger partial charge in [0, 0.05) is 23.8 Å². The third kappa shape index (κ3) is 7.23. The second kappa shape index (κ2) is 18.5. The number of aromatic nitrogens is 2. The molecule has 0 saturated heterocycles. The minimum Gasteiger partial charge on any atom is -0.317 e. The van der Waals surface area contributed by atoms with E-state index in [9.17, 15) is 0 Å². The molecule has 0 bridgehead atoms. The van der Waals surface area contributed by atoms with E-state index in [4.69, 9.17) is 0 Å². The molecule has 12 aromatic rings. The minimum absolute atomic E-state index is 1.12. The highest BCUT2D eigenvalue weighted by molar-refractivity contribution is 7.37.